The first-order valence-corrected chi connectivity index (χ1v) is 11.1. The number of nitrogens with one attached hydrogen (secondary N) is 3. The van der Waals surface area contributed by atoms with E-state index >= 15 is 0 Å². The zero-order chi connectivity index (χ0) is 23.5. The van der Waals surface area contributed by atoms with Crippen LogP contribution in [0.5, 0.6) is 0 Å². The van der Waals surface area contributed by atoms with E-state index in [0.29, 0.717) is 36.3 Å². The van der Waals surface area contributed by atoms with Crippen molar-refractivity contribution >= 4 is 40.5 Å². The molecule has 1 fully saturated rings. The largest absolute Gasteiger partial charge is 0.448 e. The van der Waals surface area contributed by atoms with Crippen LogP contribution in [-0.4, -0.2) is 29.9 Å². The molecule has 1 aliphatic rings. The molecule has 0 saturated heterocycles. The molecule has 5 N–H and O–H groups in total. The fourth-order valence-corrected chi connectivity index (χ4v) is 3.69. The third-order valence-electron chi connectivity index (χ3n) is 5.45. The van der Waals surface area contributed by atoms with Gasteiger partial charge in [0.1, 0.15) is 6.26 Å². The number of aromatic nitrogens is 1. The molecule has 2 aromatic carbocycles. The number of anilines is 3. The molecule has 1 aromatic heterocycles. The first kappa shape index (κ1) is 22.7. The van der Waals surface area contributed by atoms with Crippen molar-refractivity contribution < 1.29 is 14.0 Å². The van der Waals surface area contributed by atoms with Crippen LogP contribution in [0, 0.1) is 13.8 Å². The van der Waals surface area contributed by atoms with Crippen molar-refractivity contribution in [1.82, 2.24) is 4.98 Å². The normalized spacial score (nSPS) is 12.9. The highest BCUT2D eigenvalue weighted by Gasteiger charge is 2.29. The van der Waals surface area contributed by atoms with Crippen LogP contribution >= 0.6 is 11.6 Å². The summed E-state index contributed by atoms with van der Waals surface area (Å²) >= 11 is 6.25. The number of halogens is 1. The number of hydrogen-bond donors (Lipinski definition) is 4. The summed E-state index contributed by atoms with van der Waals surface area (Å²) < 4.78 is 5.41. The number of carbonyl (C=O) groups is 2. The maximum atomic E-state index is 12.8. The molecule has 3 aromatic rings. The van der Waals surface area contributed by atoms with Gasteiger partial charge in [-0.05, 0) is 56.0 Å². The number of primary amides is 1. The van der Waals surface area contributed by atoms with Gasteiger partial charge < -0.3 is 26.1 Å². The van der Waals surface area contributed by atoms with E-state index in [-0.39, 0.29) is 16.3 Å². The number of hydrogen-bond acceptors (Lipinski definition) is 6. The molecule has 33 heavy (non-hydrogen) atoms. The summed E-state index contributed by atoms with van der Waals surface area (Å²) in [5.74, 6) is -0.258. The second kappa shape index (κ2) is 9.54. The van der Waals surface area contributed by atoms with Crippen molar-refractivity contribution in [2.45, 2.75) is 32.6 Å². The molecule has 0 bridgehead atoms. The van der Waals surface area contributed by atoms with Crippen molar-refractivity contribution in [3.8, 4) is 0 Å². The minimum atomic E-state index is -0.684. The molecule has 1 saturated carbocycles. The topological polar surface area (TPSA) is 122 Å². The van der Waals surface area contributed by atoms with Gasteiger partial charge in [-0.25, -0.2) is 4.98 Å². The van der Waals surface area contributed by atoms with E-state index in [0.717, 1.165) is 24.1 Å². The lowest BCUT2D eigenvalue weighted by Gasteiger charge is -2.16. The minimum Gasteiger partial charge on any atom is -0.448 e. The number of oxazole rings is 1. The lowest BCUT2D eigenvalue weighted by atomic mass is 10.1. The molecule has 172 valence electrons. The second-order valence-corrected chi connectivity index (χ2v) is 8.62. The van der Waals surface area contributed by atoms with Crippen LogP contribution in [0.2, 0.25) is 5.02 Å². The van der Waals surface area contributed by atoms with Gasteiger partial charge in [0.25, 0.3) is 5.91 Å². The fraction of sp³-hybridized carbons (Fsp3) is 0.292. The summed E-state index contributed by atoms with van der Waals surface area (Å²) in [7, 11) is 0. The zero-order valence-electron chi connectivity index (χ0n) is 18.5. The first-order valence-electron chi connectivity index (χ1n) is 10.8. The Bertz CT molecular complexity index is 1200. The predicted octanol–water partition coefficient (Wildman–Crippen LogP) is 4.70. The highest BCUT2D eigenvalue weighted by Crippen LogP contribution is 2.39. The smallest absolute Gasteiger partial charge is 0.277 e. The van der Waals surface area contributed by atoms with Crippen LogP contribution in [0.25, 0.3) is 0 Å². The second-order valence-electron chi connectivity index (χ2n) is 8.21. The number of aryl methyl sites for hydroxylation is 2. The maximum Gasteiger partial charge on any atom is 0.277 e. The van der Waals surface area contributed by atoms with Gasteiger partial charge in [0, 0.05) is 24.7 Å². The lowest BCUT2D eigenvalue weighted by Crippen LogP contribution is -2.19. The van der Waals surface area contributed by atoms with Crippen LogP contribution in [0.3, 0.4) is 0 Å². The van der Waals surface area contributed by atoms with E-state index in [1.54, 1.807) is 6.07 Å². The number of nitrogens with zero attached hydrogens (tertiary/aromatic N) is 1. The standard InChI is InChI=1S/C24H26ClN5O3/c1-13-3-4-14(2)18(9-13)27-7-8-28-19-11-17(25)16(22(26)31)10-20(19)29-23(32)21-12-33-24(30-21)15-5-6-15/h3-4,9-12,15,27-28H,5-8H2,1-2H3,(H2,26,31)(H,29,32). The summed E-state index contributed by atoms with van der Waals surface area (Å²) in [5, 5.41) is 9.63. The Balaban J connectivity index is 1.47. The molecule has 0 unspecified atom stereocenters. The lowest BCUT2D eigenvalue weighted by molar-refractivity contribution is 0.0995. The molecule has 0 spiro atoms. The third kappa shape index (κ3) is 5.46. The molecule has 0 aliphatic heterocycles. The zero-order valence-corrected chi connectivity index (χ0v) is 19.3. The molecule has 1 heterocycles. The van der Waals surface area contributed by atoms with Crippen LogP contribution < -0.4 is 21.7 Å². The summed E-state index contributed by atoms with van der Waals surface area (Å²) in [6, 6.07) is 9.27. The molecule has 8 nitrogen and oxygen atoms in total. The average molecular weight is 468 g/mol. The number of benzene rings is 2. The Morgan fingerprint density at radius 3 is 2.52 bits per heavy atom. The van der Waals surface area contributed by atoms with Gasteiger partial charge in [0.05, 0.1) is 22.0 Å². The summed E-state index contributed by atoms with van der Waals surface area (Å²) in [6.07, 6.45) is 3.38. The Kier molecular flexibility index (Phi) is 6.55. The summed E-state index contributed by atoms with van der Waals surface area (Å²) in [6.45, 7) is 5.26. The molecule has 0 atom stereocenters. The van der Waals surface area contributed by atoms with Crippen molar-refractivity contribution in [1.29, 1.82) is 0 Å². The van der Waals surface area contributed by atoms with Gasteiger partial charge in [-0.2, -0.15) is 0 Å². The number of rotatable bonds is 9. The van der Waals surface area contributed by atoms with E-state index in [1.165, 1.54) is 17.9 Å². The molecular formula is C24H26ClN5O3. The monoisotopic (exact) mass is 467 g/mol. The predicted molar refractivity (Wildman–Crippen MR) is 129 cm³/mol. The molecular weight excluding hydrogens is 442 g/mol. The Morgan fingerprint density at radius 2 is 1.82 bits per heavy atom. The van der Waals surface area contributed by atoms with Gasteiger partial charge in [-0.15, -0.1) is 0 Å². The summed E-state index contributed by atoms with van der Waals surface area (Å²) in [5.41, 5.74) is 10.1. The number of carbonyl (C=O) groups excluding carboxylic acids is 2. The van der Waals surface area contributed by atoms with Crippen LogP contribution in [0.15, 0.2) is 41.0 Å². The number of nitrogens with two attached hydrogens (primary N) is 1. The van der Waals surface area contributed by atoms with Crippen molar-refractivity contribution in [2.75, 3.05) is 29.0 Å². The quantitative estimate of drug-likeness (QED) is 0.338. The first-order chi connectivity index (χ1) is 15.8. The van der Waals surface area contributed by atoms with E-state index in [4.69, 9.17) is 21.8 Å². The van der Waals surface area contributed by atoms with E-state index < -0.39 is 11.8 Å². The van der Waals surface area contributed by atoms with Gasteiger partial charge in [0.2, 0.25) is 5.91 Å². The van der Waals surface area contributed by atoms with Crippen molar-refractivity contribution in [3.63, 3.8) is 0 Å². The molecule has 2 amide bonds. The summed E-state index contributed by atoms with van der Waals surface area (Å²) in [4.78, 5) is 28.8. The van der Waals surface area contributed by atoms with Crippen LogP contribution in [0.1, 0.15) is 56.6 Å². The highest BCUT2D eigenvalue weighted by molar-refractivity contribution is 6.34. The van der Waals surface area contributed by atoms with Crippen molar-refractivity contribution in [2.24, 2.45) is 5.73 Å². The van der Waals surface area contributed by atoms with Gasteiger partial charge >= 0.3 is 0 Å². The number of amides is 2. The molecule has 1 aliphatic carbocycles. The highest BCUT2D eigenvalue weighted by atomic mass is 35.5. The van der Waals surface area contributed by atoms with Gasteiger partial charge in [-0.1, -0.05) is 23.7 Å². The maximum absolute atomic E-state index is 12.8. The fourth-order valence-electron chi connectivity index (χ4n) is 3.43. The third-order valence-corrected chi connectivity index (χ3v) is 5.76. The molecule has 4 rings (SSSR count). The van der Waals surface area contributed by atoms with E-state index in [1.807, 2.05) is 13.8 Å². The Morgan fingerprint density at radius 1 is 1.09 bits per heavy atom. The minimum absolute atomic E-state index is 0.116. The molecule has 9 heteroatoms. The van der Waals surface area contributed by atoms with Gasteiger partial charge in [0.15, 0.2) is 11.6 Å². The molecule has 0 radical (unpaired) electrons. The average Bonchev–Trinajstić information content (AvgIpc) is 3.51. The van der Waals surface area contributed by atoms with Crippen LogP contribution in [-0.2, 0) is 0 Å². The van der Waals surface area contributed by atoms with Gasteiger partial charge in [-0.3, -0.25) is 9.59 Å². The van der Waals surface area contributed by atoms with E-state index in [9.17, 15) is 9.59 Å². The SMILES string of the molecule is Cc1ccc(C)c(NCCNc2cc(Cl)c(C(N)=O)cc2NC(=O)c2coc(C3CC3)n2)c1. The Labute approximate surface area is 196 Å². The van der Waals surface area contributed by atoms with Crippen molar-refractivity contribution in [3.05, 3.63) is 69.9 Å². The Hall–Kier alpha value is -3.52. The van der Waals surface area contributed by atoms with E-state index in [2.05, 4.69) is 39.1 Å². The van der Waals surface area contributed by atoms with Crippen LogP contribution in [0.4, 0.5) is 17.1 Å².